The molecule has 0 aromatic heterocycles. The van der Waals surface area contributed by atoms with Gasteiger partial charge in [0.2, 0.25) is 5.91 Å². The van der Waals surface area contributed by atoms with Gasteiger partial charge >= 0.3 is 6.09 Å². The van der Waals surface area contributed by atoms with Gasteiger partial charge in [0.1, 0.15) is 5.82 Å². The minimum absolute atomic E-state index is 0.195. The Morgan fingerprint density at radius 1 is 1.18 bits per heavy atom. The molecule has 2 rings (SSSR count). The third kappa shape index (κ3) is 4.95. The second-order valence-corrected chi connectivity index (χ2v) is 8.17. The first-order valence-corrected chi connectivity index (χ1v) is 9.09. The maximum atomic E-state index is 13.9. The maximum absolute atomic E-state index is 13.9. The molecule has 1 aromatic carbocycles. The zero-order chi connectivity index (χ0) is 21.2. The molecule has 1 fully saturated rings. The molecule has 2 amide bonds. The van der Waals surface area contributed by atoms with Crippen LogP contribution in [0.4, 0.5) is 18.0 Å². The zero-order valence-electron chi connectivity index (χ0n) is 16.2. The number of hydrogen-bond donors (Lipinski definition) is 2. The van der Waals surface area contributed by atoms with Crippen molar-refractivity contribution in [1.82, 2.24) is 9.80 Å². The minimum atomic E-state index is -1.33. The second-order valence-electron chi connectivity index (χ2n) is 8.17. The smallest absolute Gasteiger partial charge is 0.407 e. The number of carbonyl (C=O) groups excluding carboxylic acids is 1. The van der Waals surface area contributed by atoms with E-state index in [1.165, 1.54) is 0 Å². The van der Waals surface area contributed by atoms with Crippen LogP contribution in [0.15, 0.2) is 12.1 Å². The quantitative estimate of drug-likeness (QED) is 0.760. The normalized spacial score (nSPS) is 16.8. The molecule has 1 aliphatic rings. The summed E-state index contributed by atoms with van der Waals surface area (Å²) < 4.78 is 40.4. The molecule has 28 heavy (non-hydrogen) atoms. The van der Waals surface area contributed by atoms with Crippen LogP contribution in [-0.2, 0) is 11.3 Å². The first kappa shape index (κ1) is 22.0. The maximum Gasteiger partial charge on any atom is 0.407 e. The van der Waals surface area contributed by atoms with E-state index in [1.54, 1.807) is 4.90 Å². The standard InChI is InChI=1S/C19H26F3N3O3/c1-19(2,3)16(23)17(26)24-6-4-12(5-7-24)25(18(27)28)10-11-8-14(21)15(22)9-13(11)20/h8-9,12,16H,4-7,10,23H2,1-3H3,(H,27,28)/t16-/m1/s1. The fourth-order valence-corrected chi connectivity index (χ4v) is 3.19. The van der Waals surface area contributed by atoms with Crippen LogP contribution < -0.4 is 5.73 Å². The summed E-state index contributed by atoms with van der Waals surface area (Å²) in [6, 6.07) is -0.0718. The largest absolute Gasteiger partial charge is 0.465 e. The van der Waals surface area contributed by atoms with Crippen molar-refractivity contribution in [2.24, 2.45) is 11.1 Å². The summed E-state index contributed by atoms with van der Waals surface area (Å²) in [5.74, 6) is -3.77. The molecule has 1 aromatic rings. The summed E-state index contributed by atoms with van der Waals surface area (Å²) in [5.41, 5.74) is 5.37. The predicted molar refractivity (Wildman–Crippen MR) is 96.9 cm³/mol. The number of piperidine rings is 1. The molecule has 1 aliphatic heterocycles. The molecule has 6 nitrogen and oxygen atoms in total. The lowest BCUT2D eigenvalue weighted by molar-refractivity contribution is -0.136. The Kier molecular flexibility index (Phi) is 6.59. The van der Waals surface area contributed by atoms with Crippen LogP contribution in [0.5, 0.6) is 0 Å². The van der Waals surface area contributed by atoms with E-state index in [1.807, 2.05) is 20.8 Å². The average molecular weight is 401 g/mol. The molecule has 3 N–H and O–H groups in total. The van der Waals surface area contributed by atoms with Crippen LogP contribution in [0.1, 0.15) is 39.2 Å². The molecule has 0 bridgehead atoms. The molecule has 156 valence electrons. The highest BCUT2D eigenvalue weighted by molar-refractivity contribution is 5.82. The Balaban J connectivity index is 2.07. The van der Waals surface area contributed by atoms with Crippen molar-refractivity contribution in [2.75, 3.05) is 13.1 Å². The van der Waals surface area contributed by atoms with Gasteiger partial charge in [0.25, 0.3) is 0 Å². The molecule has 9 heteroatoms. The number of nitrogens with two attached hydrogens (primary N) is 1. The van der Waals surface area contributed by atoms with Gasteiger partial charge in [0.15, 0.2) is 11.6 Å². The first-order chi connectivity index (χ1) is 12.9. The fourth-order valence-electron chi connectivity index (χ4n) is 3.19. The Bertz CT molecular complexity index is 744. The van der Waals surface area contributed by atoms with E-state index in [-0.39, 0.29) is 11.5 Å². The molecule has 1 heterocycles. The van der Waals surface area contributed by atoms with E-state index < -0.39 is 47.6 Å². The monoisotopic (exact) mass is 401 g/mol. The molecular formula is C19H26F3N3O3. The van der Waals surface area contributed by atoms with Crippen LogP contribution in [0, 0.1) is 22.9 Å². The minimum Gasteiger partial charge on any atom is -0.465 e. The number of rotatable bonds is 4. The number of benzene rings is 1. The highest BCUT2D eigenvalue weighted by Crippen LogP contribution is 2.24. The average Bonchev–Trinajstić information content (AvgIpc) is 2.61. The van der Waals surface area contributed by atoms with Gasteiger partial charge in [0.05, 0.1) is 12.6 Å². The SMILES string of the molecule is CC(C)(C)[C@H](N)C(=O)N1CCC(N(Cc2cc(F)c(F)cc2F)C(=O)O)CC1. The second kappa shape index (κ2) is 8.38. The van der Waals surface area contributed by atoms with Crippen LogP contribution in [0.2, 0.25) is 0 Å². The van der Waals surface area contributed by atoms with Gasteiger partial charge in [-0.2, -0.15) is 0 Å². The van der Waals surface area contributed by atoms with E-state index in [9.17, 15) is 27.9 Å². The number of carboxylic acid groups (broad SMARTS) is 1. The number of amides is 2. The van der Waals surface area contributed by atoms with Gasteiger partial charge in [0, 0.05) is 30.8 Å². The van der Waals surface area contributed by atoms with Crippen LogP contribution in [-0.4, -0.2) is 52.1 Å². The number of carbonyl (C=O) groups is 2. The Labute approximate surface area is 162 Å². The molecular weight excluding hydrogens is 375 g/mol. The third-order valence-electron chi connectivity index (χ3n) is 5.09. The van der Waals surface area contributed by atoms with Gasteiger partial charge in [-0.3, -0.25) is 4.79 Å². The summed E-state index contributed by atoms with van der Waals surface area (Å²) in [6.45, 7) is 5.83. The van der Waals surface area contributed by atoms with Crippen LogP contribution in [0.3, 0.4) is 0 Å². The molecule has 0 unspecified atom stereocenters. The summed E-state index contributed by atoms with van der Waals surface area (Å²) in [5, 5.41) is 9.51. The van der Waals surface area contributed by atoms with Crippen molar-refractivity contribution in [1.29, 1.82) is 0 Å². The Morgan fingerprint density at radius 3 is 2.21 bits per heavy atom. The fraction of sp³-hybridized carbons (Fsp3) is 0.579. The summed E-state index contributed by atoms with van der Waals surface area (Å²) in [6.07, 6.45) is -0.597. The molecule has 1 atom stereocenters. The summed E-state index contributed by atoms with van der Waals surface area (Å²) in [7, 11) is 0. The van der Waals surface area contributed by atoms with Gasteiger partial charge in [-0.15, -0.1) is 0 Å². The van der Waals surface area contributed by atoms with E-state index >= 15 is 0 Å². The Morgan fingerprint density at radius 2 is 1.71 bits per heavy atom. The van der Waals surface area contributed by atoms with Crippen molar-refractivity contribution < 1.29 is 27.9 Å². The van der Waals surface area contributed by atoms with Gasteiger partial charge < -0.3 is 20.6 Å². The first-order valence-electron chi connectivity index (χ1n) is 9.09. The van der Waals surface area contributed by atoms with E-state index in [4.69, 9.17) is 5.73 Å². The van der Waals surface area contributed by atoms with E-state index in [2.05, 4.69) is 0 Å². The van der Waals surface area contributed by atoms with Crippen LogP contribution in [0.25, 0.3) is 0 Å². The Hall–Kier alpha value is -2.29. The van der Waals surface area contributed by atoms with E-state index in [0.29, 0.717) is 38.1 Å². The van der Waals surface area contributed by atoms with Gasteiger partial charge in [-0.25, -0.2) is 18.0 Å². The van der Waals surface area contributed by atoms with E-state index in [0.717, 1.165) is 4.90 Å². The molecule has 0 aliphatic carbocycles. The lowest BCUT2D eigenvalue weighted by Crippen LogP contribution is -2.54. The van der Waals surface area contributed by atoms with Crippen molar-refractivity contribution in [3.63, 3.8) is 0 Å². The molecule has 0 saturated carbocycles. The van der Waals surface area contributed by atoms with Crippen molar-refractivity contribution >= 4 is 12.0 Å². The number of hydrogen-bond acceptors (Lipinski definition) is 3. The zero-order valence-corrected chi connectivity index (χ0v) is 16.2. The summed E-state index contributed by atoms with van der Waals surface area (Å²) >= 11 is 0. The third-order valence-corrected chi connectivity index (χ3v) is 5.09. The number of nitrogens with zero attached hydrogens (tertiary/aromatic N) is 2. The van der Waals surface area contributed by atoms with Crippen molar-refractivity contribution in [2.45, 2.75) is 52.2 Å². The van der Waals surface area contributed by atoms with Gasteiger partial charge in [-0.1, -0.05) is 20.8 Å². The molecule has 0 spiro atoms. The predicted octanol–water partition coefficient (Wildman–Crippen LogP) is 2.95. The lowest BCUT2D eigenvalue weighted by atomic mass is 9.86. The van der Waals surface area contributed by atoms with Crippen LogP contribution >= 0.6 is 0 Å². The van der Waals surface area contributed by atoms with Crippen molar-refractivity contribution in [3.05, 3.63) is 35.1 Å². The highest BCUT2D eigenvalue weighted by atomic mass is 19.2. The van der Waals surface area contributed by atoms with Crippen molar-refractivity contribution in [3.8, 4) is 0 Å². The highest BCUT2D eigenvalue weighted by Gasteiger charge is 2.35. The molecule has 0 radical (unpaired) electrons. The summed E-state index contributed by atoms with van der Waals surface area (Å²) in [4.78, 5) is 26.8. The topological polar surface area (TPSA) is 86.9 Å². The van der Waals surface area contributed by atoms with Gasteiger partial charge in [-0.05, 0) is 24.3 Å². The molecule has 1 saturated heterocycles. The number of likely N-dealkylation sites (tertiary alicyclic amines) is 1. The lowest BCUT2D eigenvalue weighted by Gasteiger charge is -2.39. The number of halogens is 3.